The van der Waals surface area contributed by atoms with Gasteiger partial charge in [0.2, 0.25) is 0 Å². The van der Waals surface area contributed by atoms with Crippen molar-refractivity contribution in [1.82, 2.24) is 0 Å². The van der Waals surface area contributed by atoms with Gasteiger partial charge in [-0.15, -0.1) is 0 Å². The maximum Gasteiger partial charge on any atom is 0.469 e. The Morgan fingerprint density at radius 3 is 1.56 bits per heavy atom. The number of carbonyl (C=O) groups is 3. The predicted octanol–water partition coefficient (Wildman–Crippen LogP) is 4.22. The van der Waals surface area contributed by atoms with E-state index in [1.165, 1.54) is 44.9 Å². The molecule has 0 aromatic rings. The molecule has 0 aliphatic carbocycles. The Kier molecular flexibility index (Phi) is 27.0. The number of phosphoric ester groups is 1. The van der Waals surface area contributed by atoms with Gasteiger partial charge in [-0.25, -0.2) is 4.57 Å². The minimum Gasteiger partial charge on any atom is -0.480 e. The van der Waals surface area contributed by atoms with E-state index in [9.17, 15) is 18.9 Å². The number of aliphatic hydroxyl groups excluding tert-OH is 1. The smallest absolute Gasteiger partial charge is 0.469 e. The molecule has 13 heteroatoms. The Labute approximate surface area is 233 Å². The molecule has 12 nitrogen and oxygen atoms in total. The molecule has 6 N–H and O–H groups in total. The van der Waals surface area contributed by atoms with Crippen molar-refractivity contribution in [2.75, 3.05) is 19.8 Å². The van der Waals surface area contributed by atoms with E-state index < -0.39 is 51.1 Å². The SMILES string of the molecule is CCCCCCCCCC(=O)OCC(COP(=O)(O)O)OC(=O)CCCCCCCCC.NC(CO)C(=O)O. The largest absolute Gasteiger partial charge is 0.480 e. The van der Waals surface area contributed by atoms with E-state index in [0.717, 1.165) is 38.5 Å². The van der Waals surface area contributed by atoms with Crippen molar-refractivity contribution in [1.29, 1.82) is 0 Å². The molecule has 0 rings (SSSR count). The summed E-state index contributed by atoms with van der Waals surface area (Å²) < 4.78 is 25.8. The summed E-state index contributed by atoms with van der Waals surface area (Å²) in [7, 11) is -4.72. The minimum atomic E-state index is -4.72. The Bertz CT molecular complexity index is 672. The van der Waals surface area contributed by atoms with E-state index >= 15 is 0 Å². The number of ether oxygens (including phenoxy) is 2. The summed E-state index contributed by atoms with van der Waals surface area (Å²) in [6, 6.07) is -1.13. The number of hydrogen-bond acceptors (Lipinski definition) is 9. The number of nitrogens with two attached hydrogens (primary N) is 1. The number of hydrogen-bond donors (Lipinski definition) is 5. The number of unbranched alkanes of at least 4 members (excludes halogenated alkanes) is 12. The maximum absolute atomic E-state index is 12.1. The molecule has 0 bridgehead atoms. The third-order valence-electron chi connectivity index (χ3n) is 5.64. The number of rotatable bonds is 24. The minimum absolute atomic E-state index is 0.214. The zero-order valence-corrected chi connectivity index (χ0v) is 24.7. The average Bonchev–Trinajstić information content (AvgIpc) is 2.88. The Balaban J connectivity index is 0. The van der Waals surface area contributed by atoms with E-state index in [1.54, 1.807) is 0 Å². The molecule has 232 valence electrons. The fourth-order valence-corrected chi connectivity index (χ4v) is 3.69. The van der Waals surface area contributed by atoms with Crippen LogP contribution >= 0.6 is 7.82 Å². The molecule has 0 heterocycles. The van der Waals surface area contributed by atoms with E-state index in [0.29, 0.717) is 6.42 Å². The summed E-state index contributed by atoms with van der Waals surface area (Å²) in [6.45, 7) is 3.02. The summed E-state index contributed by atoms with van der Waals surface area (Å²) in [5.74, 6) is -2.08. The van der Waals surface area contributed by atoms with Crippen molar-refractivity contribution in [3.63, 3.8) is 0 Å². The van der Waals surface area contributed by atoms with Crippen molar-refractivity contribution in [2.24, 2.45) is 5.73 Å². The van der Waals surface area contributed by atoms with Crippen LogP contribution in [0.5, 0.6) is 0 Å². The average molecular weight is 586 g/mol. The molecule has 0 radical (unpaired) electrons. The molecule has 2 unspecified atom stereocenters. The van der Waals surface area contributed by atoms with Gasteiger partial charge >= 0.3 is 25.7 Å². The first-order chi connectivity index (χ1) is 18.5. The number of carboxylic acid groups (broad SMARTS) is 1. The number of aliphatic hydroxyl groups is 1. The Morgan fingerprint density at radius 2 is 1.18 bits per heavy atom. The molecule has 39 heavy (non-hydrogen) atoms. The normalized spacial score (nSPS) is 12.7. The molecule has 0 spiro atoms. The summed E-state index contributed by atoms with van der Waals surface area (Å²) in [5.41, 5.74) is 4.77. The van der Waals surface area contributed by atoms with E-state index in [4.69, 9.17) is 35.2 Å². The molecule has 0 aromatic heterocycles. The van der Waals surface area contributed by atoms with Crippen molar-refractivity contribution in [3.05, 3.63) is 0 Å². The molecule has 0 fully saturated rings. The van der Waals surface area contributed by atoms with Crippen LogP contribution in [-0.2, 0) is 32.9 Å². The first-order valence-corrected chi connectivity index (χ1v) is 15.6. The van der Waals surface area contributed by atoms with Gasteiger partial charge in [0.1, 0.15) is 12.6 Å². The van der Waals surface area contributed by atoms with Gasteiger partial charge in [-0.2, -0.15) is 0 Å². The highest BCUT2D eigenvalue weighted by atomic mass is 31.2. The summed E-state index contributed by atoms with van der Waals surface area (Å²) in [4.78, 5) is 51.4. The number of esters is 2. The van der Waals surface area contributed by atoms with Crippen LogP contribution in [0.1, 0.15) is 117 Å². The molecule has 0 amide bonds. The van der Waals surface area contributed by atoms with Gasteiger partial charge in [0.05, 0.1) is 13.2 Å². The van der Waals surface area contributed by atoms with Crippen LogP contribution in [0.2, 0.25) is 0 Å². The van der Waals surface area contributed by atoms with Crippen molar-refractivity contribution >= 4 is 25.7 Å². The third-order valence-corrected chi connectivity index (χ3v) is 6.13. The molecule has 0 saturated carbocycles. The molecule has 0 saturated heterocycles. The van der Waals surface area contributed by atoms with Gasteiger partial charge < -0.3 is 35.2 Å². The molecule has 0 aliphatic heterocycles. The molecular formula is C26H52NO11P. The summed E-state index contributed by atoms with van der Waals surface area (Å²) >= 11 is 0. The highest BCUT2D eigenvalue weighted by Gasteiger charge is 2.22. The van der Waals surface area contributed by atoms with Gasteiger partial charge in [-0.1, -0.05) is 90.9 Å². The number of phosphoric acid groups is 1. The maximum atomic E-state index is 12.1. The second-order valence-corrected chi connectivity index (χ2v) is 10.7. The van der Waals surface area contributed by atoms with Crippen LogP contribution in [0.4, 0.5) is 0 Å². The van der Waals surface area contributed by atoms with Crippen molar-refractivity contribution in [3.8, 4) is 0 Å². The second kappa shape index (κ2) is 26.7. The topological polar surface area (TPSA) is 203 Å². The zero-order chi connectivity index (χ0) is 29.9. The lowest BCUT2D eigenvalue weighted by Gasteiger charge is -2.18. The fraction of sp³-hybridized carbons (Fsp3) is 0.885. The number of carboxylic acids is 1. The first-order valence-electron chi connectivity index (χ1n) is 14.1. The van der Waals surface area contributed by atoms with Crippen LogP contribution in [0.25, 0.3) is 0 Å². The first kappa shape index (κ1) is 39.6. The van der Waals surface area contributed by atoms with Gasteiger partial charge in [-0.3, -0.25) is 18.9 Å². The Hall–Kier alpha value is -1.56. The summed E-state index contributed by atoms with van der Waals surface area (Å²) in [6.07, 6.45) is 14.5. The van der Waals surface area contributed by atoms with Gasteiger partial charge in [-0.05, 0) is 12.8 Å². The molecule has 0 aromatic carbocycles. The lowest BCUT2D eigenvalue weighted by atomic mass is 10.1. The highest BCUT2D eigenvalue weighted by molar-refractivity contribution is 7.46. The Morgan fingerprint density at radius 1 is 0.744 bits per heavy atom. The van der Waals surface area contributed by atoms with E-state index in [2.05, 4.69) is 18.4 Å². The van der Waals surface area contributed by atoms with Crippen molar-refractivity contribution in [2.45, 2.75) is 129 Å². The van der Waals surface area contributed by atoms with Gasteiger partial charge in [0.15, 0.2) is 6.10 Å². The van der Waals surface area contributed by atoms with Crippen LogP contribution in [0, 0.1) is 0 Å². The second-order valence-electron chi connectivity index (χ2n) is 9.45. The molecule has 0 aliphatic rings. The third kappa shape index (κ3) is 30.8. The highest BCUT2D eigenvalue weighted by Crippen LogP contribution is 2.35. The predicted molar refractivity (Wildman–Crippen MR) is 147 cm³/mol. The van der Waals surface area contributed by atoms with E-state index in [-0.39, 0.29) is 19.4 Å². The number of aliphatic carboxylic acids is 1. The number of carbonyl (C=O) groups excluding carboxylic acids is 2. The van der Waals surface area contributed by atoms with Gasteiger partial charge in [0, 0.05) is 12.8 Å². The quantitative estimate of drug-likeness (QED) is 0.0614. The van der Waals surface area contributed by atoms with Crippen LogP contribution in [-0.4, -0.2) is 69.9 Å². The molecular weight excluding hydrogens is 533 g/mol. The van der Waals surface area contributed by atoms with Crippen LogP contribution < -0.4 is 5.73 Å². The molecule has 2 atom stereocenters. The lowest BCUT2D eigenvalue weighted by molar-refractivity contribution is -0.161. The summed E-state index contributed by atoms with van der Waals surface area (Å²) in [5, 5.41) is 15.9. The van der Waals surface area contributed by atoms with Crippen LogP contribution in [0.15, 0.2) is 0 Å². The van der Waals surface area contributed by atoms with E-state index in [1.807, 2.05) is 0 Å². The lowest BCUT2D eigenvalue weighted by Crippen LogP contribution is -2.33. The fourth-order valence-electron chi connectivity index (χ4n) is 3.33. The van der Waals surface area contributed by atoms with Gasteiger partial charge in [0.25, 0.3) is 0 Å². The van der Waals surface area contributed by atoms with Crippen molar-refractivity contribution < 1.29 is 52.9 Å². The zero-order valence-electron chi connectivity index (χ0n) is 23.8. The standard InChI is InChI=1S/C23H45O8P.C3H7NO3/c1-3-5-7-9-11-13-15-17-22(24)29-19-21(20-30-32(26,27)28)31-23(25)18-16-14-12-10-8-6-4-2;4-2(1-5)3(6)7/h21H,3-20H2,1-2H3,(H2,26,27,28);2,5H,1,4H2,(H,6,7). The van der Waals surface area contributed by atoms with Crippen LogP contribution in [0.3, 0.4) is 0 Å². The monoisotopic (exact) mass is 585 g/mol.